The van der Waals surface area contributed by atoms with Crippen LogP contribution in [0.1, 0.15) is 0 Å². The molecule has 3 nitrogen and oxygen atoms in total. The number of carbonyl (C=O) groups excluding carboxylic acids is 1. The van der Waals surface area contributed by atoms with E-state index in [1.807, 2.05) is 36.4 Å². The molecule has 0 saturated heterocycles. The molecule has 0 unspecified atom stereocenters. The number of rotatable bonds is 0. The van der Waals surface area contributed by atoms with E-state index in [-0.39, 0.29) is 37.7 Å². The summed E-state index contributed by atoms with van der Waals surface area (Å²) in [6.07, 6.45) is -2.33. The molecule has 1 aromatic rings. The summed E-state index contributed by atoms with van der Waals surface area (Å²) < 4.78 is 0. The first-order valence-electron chi connectivity index (χ1n) is 2.61. The van der Waals surface area contributed by atoms with E-state index >= 15 is 0 Å². The summed E-state index contributed by atoms with van der Waals surface area (Å²) in [5, 5.41) is 16.7. The van der Waals surface area contributed by atoms with Crippen molar-refractivity contribution in [3.8, 4) is 0 Å². The molecule has 0 atom stereocenters. The summed E-state index contributed by atoms with van der Waals surface area (Å²) in [7, 11) is 0. The van der Waals surface area contributed by atoms with E-state index < -0.39 is 6.16 Å². The van der Waals surface area contributed by atoms with E-state index in [0.717, 1.165) is 0 Å². The Kier molecular flexibility index (Phi) is 11.8. The van der Waals surface area contributed by atoms with Gasteiger partial charge in [0.2, 0.25) is 0 Å². The molecule has 0 aliphatic rings. The van der Waals surface area contributed by atoms with Crippen LogP contribution in [0, 0.1) is 0 Å². The van der Waals surface area contributed by atoms with Gasteiger partial charge in [-0.1, -0.05) is 36.4 Å². The maximum atomic E-state index is 8.33. The van der Waals surface area contributed by atoms with E-state index in [1.54, 1.807) is 0 Å². The SMILES string of the molecule is O=C([O-])[O-].[Ca+2].c1ccccc1. The molecule has 0 saturated carbocycles. The van der Waals surface area contributed by atoms with Crippen molar-refractivity contribution in [1.29, 1.82) is 0 Å². The molecule has 0 amide bonds. The van der Waals surface area contributed by atoms with Crippen molar-refractivity contribution < 1.29 is 15.0 Å². The second-order valence-corrected chi connectivity index (χ2v) is 1.40. The molecular formula is C7H6CaO3. The average molecular weight is 178 g/mol. The van der Waals surface area contributed by atoms with Crippen LogP contribution in [-0.4, -0.2) is 43.9 Å². The molecule has 1 aromatic carbocycles. The Morgan fingerprint density at radius 2 is 0.909 bits per heavy atom. The predicted octanol–water partition coefficient (Wildman–Crippen LogP) is -1.14. The van der Waals surface area contributed by atoms with Gasteiger partial charge in [0.25, 0.3) is 0 Å². The van der Waals surface area contributed by atoms with Crippen LogP contribution in [0.25, 0.3) is 0 Å². The number of carboxylic acid groups (broad SMARTS) is 2. The minimum absolute atomic E-state index is 0. The third kappa shape index (κ3) is 17.7. The molecule has 0 spiro atoms. The number of carbonyl (C=O) groups is 1. The Labute approximate surface area is 94.7 Å². The molecule has 0 fully saturated rings. The Morgan fingerprint density at radius 1 is 0.818 bits per heavy atom. The van der Waals surface area contributed by atoms with Crippen molar-refractivity contribution in [2.75, 3.05) is 0 Å². The normalized spacial score (nSPS) is 6.55. The first-order chi connectivity index (χ1) is 4.73. The molecular weight excluding hydrogens is 172 g/mol. The van der Waals surface area contributed by atoms with Crippen molar-refractivity contribution in [1.82, 2.24) is 0 Å². The zero-order chi connectivity index (χ0) is 7.82. The fraction of sp³-hybridized carbons (Fsp3) is 0. The first-order valence-corrected chi connectivity index (χ1v) is 2.61. The molecule has 0 aromatic heterocycles. The second-order valence-electron chi connectivity index (χ2n) is 1.40. The summed E-state index contributed by atoms with van der Waals surface area (Å²) in [5.74, 6) is 0. The van der Waals surface area contributed by atoms with Gasteiger partial charge in [0, 0.05) is 0 Å². The minimum atomic E-state index is -2.33. The quantitative estimate of drug-likeness (QED) is 0.472. The fourth-order valence-corrected chi connectivity index (χ4v) is 0.385. The van der Waals surface area contributed by atoms with Gasteiger partial charge in [-0.3, -0.25) is 0 Å². The summed E-state index contributed by atoms with van der Waals surface area (Å²) in [4.78, 5) is 8.33. The summed E-state index contributed by atoms with van der Waals surface area (Å²) in [6, 6.07) is 12.0. The van der Waals surface area contributed by atoms with E-state index in [0.29, 0.717) is 0 Å². The molecule has 1 rings (SSSR count). The van der Waals surface area contributed by atoms with E-state index in [2.05, 4.69) is 0 Å². The molecule has 0 heterocycles. The van der Waals surface area contributed by atoms with Crippen molar-refractivity contribution >= 4 is 43.9 Å². The summed E-state index contributed by atoms with van der Waals surface area (Å²) in [6.45, 7) is 0. The Balaban J connectivity index is 0. The molecule has 0 aliphatic heterocycles. The van der Waals surface area contributed by atoms with Crippen LogP contribution >= 0.6 is 0 Å². The maximum absolute atomic E-state index is 8.33. The van der Waals surface area contributed by atoms with Crippen molar-refractivity contribution in [2.45, 2.75) is 0 Å². The second kappa shape index (κ2) is 9.75. The van der Waals surface area contributed by atoms with Gasteiger partial charge in [0.1, 0.15) is 0 Å². The Bertz CT molecular complexity index is 146. The van der Waals surface area contributed by atoms with Gasteiger partial charge in [0.05, 0.1) is 0 Å². The Hall–Kier alpha value is -0.250. The van der Waals surface area contributed by atoms with Gasteiger partial charge in [-0.05, 0) is 6.16 Å². The maximum Gasteiger partial charge on any atom is 2.00 e. The largest absolute Gasteiger partial charge is 2.00 e. The first kappa shape index (κ1) is 13.3. The molecule has 4 heteroatoms. The van der Waals surface area contributed by atoms with Crippen molar-refractivity contribution in [3.63, 3.8) is 0 Å². The minimum Gasteiger partial charge on any atom is -0.652 e. The van der Waals surface area contributed by atoms with Crippen LogP contribution in [0.2, 0.25) is 0 Å². The van der Waals surface area contributed by atoms with Gasteiger partial charge in [-0.2, -0.15) is 0 Å². The molecule has 0 bridgehead atoms. The van der Waals surface area contributed by atoms with Crippen molar-refractivity contribution in [2.24, 2.45) is 0 Å². The van der Waals surface area contributed by atoms with Crippen LogP contribution in [0.5, 0.6) is 0 Å². The van der Waals surface area contributed by atoms with E-state index in [4.69, 9.17) is 15.0 Å². The Morgan fingerprint density at radius 3 is 1.00 bits per heavy atom. The van der Waals surface area contributed by atoms with Gasteiger partial charge in [-0.25, -0.2) is 0 Å². The molecule has 0 N–H and O–H groups in total. The molecule has 0 aliphatic carbocycles. The number of hydrogen-bond acceptors (Lipinski definition) is 3. The molecule has 11 heavy (non-hydrogen) atoms. The van der Waals surface area contributed by atoms with Crippen LogP contribution in [-0.2, 0) is 0 Å². The number of benzene rings is 1. The van der Waals surface area contributed by atoms with Crippen LogP contribution in [0.3, 0.4) is 0 Å². The summed E-state index contributed by atoms with van der Waals surface area (Å²) >= 11 is 0. The van der Waals surface area contributed by atoms with Gasteiger partial charge in [-0.15, -0.1) is 0 Å². The van der Waals surface area contributed by atoms with Crippen LogP contribution in [0.4, 0.5) is 4.79 Å². The third-order valence-corrected chi connectivity index (χ3v) is 0.667. The van der Waals surface area contributed by atoms with Crippen molar-refractivity contribution in [3.05, 3.63) is 36.4 Å². The number of hydrogen-bond donors (Lipinski definition) is 0. The van der Waals surface area contributed by atoms with Gasteiger partial charge >= 0.3 is 37.7 Å². The monoisotopic (exact) mass is 178 g/mol. The topological polar surface area (TPSA) is 63.2 Å². The molecule has 54 valence electrons. The predicted molar refractivity (Wildman–Crippen MR) is 37.6 cm³/mol. The average Bonchev–Trinajstić information content (AvgIpc) is 1.90. The third-order valence-electron chi connectivity index (χ3n) is 0.667. The smallest absolute Gasteiger partial charge is 0.652 e. The van der Waals surface area contributed by atoms with Gasteiger partial charge in [0.15, 0.2) is 0 Å². The van der Waals surface area contributed by atoms with E-state index in [9.17, 15) is 0 Å². The zero-order valence-corrected chi connectivity index (χ0v) is 8.10. The zero-order valence-electron chi connectivity index (χ0n) is 5.90. The molecule has 0 radical (unpaired) electrons. The van der Waals surface area contributed by atoms with Gasteiger partial charge < -0.3 is 15.0 Å². The fourth-order valence-electron chi connectivity index (χ4n) is 0.385. The van der Waals surface area contributed by atoms with Crippen LogP contribution in [0.15, 0.2) is 36.4 Å². The summed E-state index contributed by atoms with van der Waals surface area (Å²) in [5.41, 5.74) is 0. The van der Waals surface area contributed by atoms with E-state index in [1.165, 1.54) is 0 Å². The van der Waals surface area contributed by atoms with Crippen LogP contribution < -0.4 is 10.2 Å². The standard InChI is InChI=1S/C6H6.CH2O3.Ca/c1-2-4-6-5-3-1;2-1(3)4;/h1-6H;(H2,2,3,4);/q;;+2/p-2.